The van der Waals surface area contributed by atoms with Crippen LogP contribution in [-0.2, 0) is 10.8 Å². The summed E-state index contributed by atoms with van der Waals surface area (Å²) < 4.78 is 11.1. The lowest BCUT2D eigenvalue weighted by Crippen LogP contribution is -1.83. The Hall–Kier alpha value is -0.600. The summed E-state index contributed by atoms with van der Waals surface area (Å²) in [6, 6.07) is 6.86. The molecule has 1 aromatic carbocycles. The summed E-state index contributed by atoms with van der Waals surface area (Å²) in [7, 11) is -1.09. The number of benzene rings is 1. The van der Waals surface area contributed by atoms with E-state index in [1.807, 2.05) is 0 Å². The van der Waals surface area contributed by atoms with Gasteiger partial charge in [0.05, 0.1) is 10.8 Å². The van der Waals surface area contributed by atoms with Crippen LogP contribution in [0.4, 0.5) is 0 Å². The van der Waals surface area contributed by atoms with E-state index in [2.05, 4.69) is 6.58 Å². The summed E-state index contributed by atoms with van der Waals surface area (Å²) in [6.45, 7) is 3.43. The minimum absolute atomic E-state index is 0.648. The highest BCUT2D eigenvalue weighted by Crippen LogP contribution is 2.12. The summed E-state index contributed by atoms with van der Waals surface area (Å²) in [5.41, 5.74) is 0. The molecule has 0 aromatic heterocycles. The lowest BCUT2D eigenvalue weighted by Gasteiger charge is -1.94. The van der Waals surface area contributed by atoms with Crippen LogP contribution in [0.5, 0.6) is 0 Å². The Morgan fingerprint density at radius 3 is 2.36 bits per heavy atom. The highest BCUT2D eigenvalue weighted by Gasteiger charge is 1.96. The van der Waals surface area contributed by atoms with E-state index in [9.17, 15) is 4.21 Å². The first-order valence-corrected chi connectivity index (χ1v) is 4.62. The molecule has 0 fully saturated rings. The Balaban J connectivity index is 2.98. The van der Waals surface area contributed by atoms with Gasteiger partial charge in [-0.2, -0.15) is 0 Å². The van der Waals surface area contributed by atoms with E-state index in [0.29, 0.717) is 5.02 Å². The maximum atomic E-state index is 11.1. The summed E-state index contributed by atoms with van der Waals surface area (Å²) >= 11 is 5.63. The first kappa shape index (κ1) is 8.50. The lowest BCUT2D eigenvalue weighted by molar-refractivity contribution is 0.688. The fourth-order valence-corrected chi connectivity index (χ4v) is 1.39. The third-order valence-corrected chi connectivity index (χ3v) is 2.49. The van der Waals surface area contributed by atoms with E-state index < -0.39 is 10.8 Å². The second-order valence-corrected chi connectivity index (χ2v) is 3.75. The maximum Gasteiger partial charge on any atom is 0.0769 e. The molecule has 11 heavy (non-hydrogen) atoms. The van der Waals surface area contributed by atoms with Crippen molar-refractivity contribution in [1.82, 2.24) is 0 Å². The quantitative estimate of drug-likeness (QED) is 0.694. The molecule has 0 spiro atoms. The third-order valence-electron chi connectivity index (χ3n) is 1.20. The minimum Gasteiger partial charge on any atom is -0.250 e. The SMILES string of the molecule is C=C[S@@](=O)c1ccc(Cl)cc1. The highest BCUT2D eigenvalue weighted by atomic mass is 35.5. The molecule has 0 aliphatic rings. The van der Waals surface area contributed by atoms with Gasteiger partial charge in [-0.05, 0) is 24.3 Å². The lowest BCUT2D eigenvalue weighted by atomic mass is 10.4. The van der Waals surface area contributed by atoms with Gasteiger partial charge in [0, 0.05) is 15.3 Å². The van der Waals surface area contributed by atoms with Crippen LogP contribution in [0.1, 0.15) is 0 Å². The van der Waals surface area contributed by atoms with Gasteiger partial charge in [0.1, 0.15) is 0 Å². The first-order valence-electron chi connectivity index (χ1n) is 3.03. The molecule has 3 heteroatoms. The first-order chi connectivity index (χ1) is 5.24. The fourth-order valence-electron chi connectivity index (χ4n) is 0.665. The molecule has 1 rings (SSSR count). The average molecular weight is 187 g/mol. The molecule has 0 aliphatic carbocycles. The zero-order chi connectivity index (χ0) is 8.27. The molecule has 58 valence electrons. The third kappa shape index (κ3) is 2.17. The van der Waals surface area contributed by atoms with Gasteiger partial charge < -0.3 is 0 Å². The monoisotopic (exact) mass is 186 g/mol. The van der Waals surface area contributed by atoms with E-state index in [1.54, 1.807) is 24.3 Å². The second kappa shape index (κ2) is 3.69. The molecular weight excluding hydrogens is 180 g/mol. The Kier molecular flexibility index (Phi) is 2.85. The Labute approximate surface area is 73.1 Å². The van der Waals surface area contributed by atoms with Crippen molar-refractivity contribution in [3.8, 4) is 0 Å². The van der Waals surface area contributed by atoms with Crippen molar-refractivity contribution in [2.75, 3.05) is 0 Å². The van der Waals surface area contributed by atoms with Crippen molar-refractivity contribution in [2.24, 2.45) is 0 Å². The van der Waals surface area contributed by atoms with Crippen LogP contribution < -0.4 is 0 Å². The molecule has 0 heterocycles. The van der Waals surface area contributed by atoms with Gasteiger partial charge in [0.15, 0.2) is 0 Å². The molecular formula is C8H7ClOS. The van der Waals surface area contributed by atoms with E-state index in [0.717, 1.165) is 4.90 Å². The summed E-state index contributed by atoms with van der Waals surface area (Å²) in [6.07, 6.45) is 0. The number of rotatable bonds is 2. The van der Waals surface area contributed by atoms with Gasteiger partial charge in [-0.15, -0.1) is 0 Å². The van der Waals surface area contributed by atoms with E-state index in [-0.39, 0.29) is 0 Å². The van der Waals surface area contributed by atoms with Crippen molar-refractivity contribution in [3.63, 3.8) is 0 Å². The fraction of sp³-hybridized carbons (Fsp3) is 0. The molecule has 0 saturated heterocycles. The molecule has 0 radical (unpaired) electrons. The van der Waals surface area contributed by atoms with E-state index in [4.69, 9.17) is 11.6 Å². The molecule has 0 bridgehead atoms. The normalized spacial score (nSPS) is 12.5. The Bertz CT molecular complexity index is 279. The number of halogens is 1. The summed E-state index contributed by atoms with van der Waals surface area (Å²) in [5, 5.41) is 2.04. The van der Waals surface area contributed by atoms with Crippen molar-refractivity contribution in [3.05, 3.63) is 41.3 Å². The summed E-state index contributed by atoms with van der Waals surface area (Å²) in [4.78, 5) is 0.726. The molecule has 1 aromatic rings. The molecule has 0 unspecified atom stereocenters. The van der Waals surface area contributed by atoms with Crippen LogP contribution in [0.3, 0.4) is 0 Å². The van der Waals surface area contributed by atoms with Crippen molar-refractivity contribution >= 4 is 22.4 Å². The van der Waals surface area contributed by atoms with Crippen LogP contribution in [0.25, 0.3) is 0 Å². The second-order valence-electron chi connectivity index (χ2n) is 1.92. The Morgan fingerprint density at radius 2 is 1.91 bits per heavy atom. The zero-order valence-electron chi connectivity index (χ0n) is 5.79. The average Bonchev–Trinajstić information content (AvgIpc) is 2.05. The molecule has 0 aliphatic heterocycles. The van der Waals surface area contributed by atoms with Gasteiger partial charge in [-0.3, -0.25) is 0 Å². The van der Waals surface area contributed by atoms with Crippen LogP contribution in [0.2, 0.25) is 5.02 Å². The van der Waals surface area contributed by atoms with Crippen molar-refractivity contribution < 1.29 is 4.21 Å². The highest BCUT2D eigenvalue weighted by molar-refractivity contribution is 7.88. The van der Waals surface area contributed by atoms with Gasteiger partial charge in [0.2, 0.25) is 0 Å². The van der Waals surface area contributed by atoms with Gasteiger partial charge in [-0.25, -0.2) is 4.21 Å². The molecule has 1 atom stereocenters. The molecule has 0 amide bonds. The minimum atomic E-state index is -1.09. The maximum absolute atomic E-state index is 11.1. The molecule has 0 N–H and O–H groups in total. The molecule has 1 nitrogen and oxygen atoms in total. The predicted molar refractivity (Wildman–Crippen MR) is 48.1 cm³/mol. The van der Waals surface area contributed by atoms with Crippen LogP contribution >= 0.6 is 11.6 Å². The largest absolute Gasteiger partial charge is 0.250 e. The van der Waals surface area contributed by atoms with E-state index in [1.165, 1.54) is 5.41 Å². The van der Waals surface area contributed by atoms with Crippen molar-refractivity contribution in [2.45, 2.75) is 4.90 Å². The van der Waals surface area contributed by atoms with Crippen LogP contribution in [0.15, 0.2) is 41.1 Å². The van der Waals surface area contributed by atoms with Crippen LogP contribution in [-0.4, -0.2) is 4.21 Å². The smallest absolute Gasteiger partial charge is 0.0769 e. The van der Waals surface area contributed by atoms with E-state index >= 15 is 0 Å². The van der Waals surface area contributed by atoms with Gasteiger partial charge in [-0.1, -0.05) is 18.2 Å². The van der Waals surface area contributed by atoms with Crippen LogP contribution in [0, 0.1) is 0 Å². The summed E-state index contributed by atoms with van der Waals surface area (Å²) in [5.74, 6) is 0. The number of hydrogen-bond acceptors (Lipinski definition) is 1. The molecule has 0 saturated carbocycles. The van der Waals surface area contributed by atoms with Crippen molar-refractivity contribution in [1.29, 1.82) is 0 Å². The predicted octanol–water partition coefficient (Wildman–Crippen LogP) is 2.59. The topological polar surface area (TPSA) is 17.1 Å². The number of hydrogen-bond donors (Lipinski definition) is 0. The zero-order valence-corrected chi connectivity index (χ0v) is 7.36. The Morgan fingerprint density at radius 1 is 1.36 bits per heavy atom. The van der Waals surface area contributed by atoms with Gasteiger partial charge in [0.25, 0.3) is 0 Å². The standard InChI is InChI=1S/C8H7ClOS/c1-2-11(10)8-5-3-7(9)4-6-8/h2-6H,1H2/t11-/m1/s1. The van der Waals surface area contributed by atoms with Gasteiger partial charge >= 0.3 is 0 Å².